The molecule has 0 saturated heterocycles. The zero-order chi connectivity index (χ0) is 14.9. The van der Waals surface area contributed by atoms with E-state index in [1.807, 2.05) is 6.07 Å². The molecule has 1 heterocycles. The van der Waals surface area contributed by atoms with E-state index in [4.69, 9.17) is 21.1 Å². The molecule has 0 spiro atoms. The third kappa shape index (κ3) is 2.84. The molecule has 0 amide bonds. The summed E-state index contributed by atoms with van der Waals surface area (Å²) in [6.45, 7) is 3.27. The Morgan fingerprint density at radius 2 is 2.05 bits per heavy atom. The summed E-state index contributed by atoms with van der Waals surface area (Å²) in [6, 6.07) is 4.04. The Bertz CT molecular complexity index is 587. The lowest BCUT2D eigenvalue weighted by molar-refractivity contribution is 0.297. The average Bonchev–Trinajstić information content (AvgIpc) is 3.04. The highest BCUT2D eigenvalue weighted by Crippen LogP contribution is 2.43. The van der Waals surface area contributed by atoms with Gasteiger partial charge in [-0.25, -0.2) is 0 Å². The van der Waals surface area contributed by atoms with E-state index in [1.54, 1.807) is 0 Å². The lowest BCUT2D eigenvalue weighted by Crippen LogP contribution is -2.25. The van der Waals surface area contributed by atoms with Crippen LogP contribution >= 0.6 is 11.6 Å². The minimum Gasteiger partial charge on any atom is -0.489 e. The van der Waals surface area contributed by atoms with Gasteiger partial charge in [-0.15, -0.1) is 0 Å². The van der Waals surface area contributed by atoms with Crippen molar-refractivity contribution in [3.05, 3.63) is 34.9 Å². The second-order valence-electron chi connectivity index (χ2n) is 6.63. The Kier molecular flexibility index (Phi) is 4.01. The number of fused-ring (bicyclic) bond motifs is 3. The topological polar surface area (TPSA) is 30.5 Å². The van der Waals surface area contributed by atoms with Crippen LogP contribution < -0.4 is 14.8 Å². The molecule has 1 aromatic rings. The van der Waals surface area contributed by atoms with Crippen LogP contribution in [0.5, 0.6) is 11.5 Å². The van der Waals surface area contributed by atoms with Crippen molar-refractivity contribution in [3.63, 3.8) is 0 Å². The van der Waals surface area contributed by atoms with Gasteiger partial charge in [-0.1, -0.05) is 23.8 Å². The Morgan fingerprint density at radius 1 is 1.14 bits per heavy atom. The van der Waals surface area contributed by atoms with Gasteiger partial charge in [-0.3, -0.25) is 0 Å². The maximum atomic E-state index is 6.34. The molecule has 22 heavy (non-hydrogen) atoms. The maximum absolute atomic E-state index is 6.34. The molecular formula is C18H22ClNO2. The summed E-state index contributed by atoms with van der Waals surface area (Å²) in [4.78, 5) is 0. The van der Waals surface area contributed by atoms with E-state index in [1.165, 1.54) is 12.8 Å². The van der Waals surface area contributed by atoms with Gasteiger partial charge in [-0.2, -0.15) is 0 Å². The van der Waals surface area contributed by atoms with Gasteiger partial charge < -0.3 is 14.8 Å². The molecule has 4 rings (SSSR count). The van der Waals surface area contributed by atoms with E-state index in [-0.39, 0.29) is 0 Å². The Balaban J connectivity index is 1.37. The van der Waals surface area contributed by atoms with Gasteiger partial charge in [0.15, 0.2) is 11.5 Å². The van der Waals surface area contributed by atoms with Crippen LogP contribution in [0.25, 0.3) is 0 Å². The van der Waals surface area contributed by atoms with Crippen LogP contribution in [0.1, 0.15) is 24.8 Å². The highest BCUT2D eigenvalue weighted by Gasteiger charge is 2.34. The van der Waals surface area contributed by atoms with Crippen molar-refractivity contribution in [1.29, 1.82) is 0 Å². The number of rotatable bonds is 4. The van der Waals surface area contributed by atoms with Gasteiger partial charge in [-0.05, 0) is 54.8 Å². The number of nitrogens with one attached hydrogen (secondary N) is 1. The standard InChI is InChI=1S/C18H22ClNO2/c19-16-8-13(9-17-18(16)22-5-1-4-21-17)10-20-11-15-7-12-2-3-14(15)6-12/h2-3,8-9,12,14-15,20H,1,4-7,10-11H2/t12-,14+,15-/m1/s1. The molecule has 0 aromatic heterocycles. The summed E-state index contributed by atoms with van der Waals surface area (Å²) < 4.78 is 11.4. The fraction of sp³-hybridized carbons (Fsp3) is 0.556. The van der Waals surface area contributed by atoms with E-state index in [2.05, 4.69) is 23.5 Å². The van der Waals surface area contributed by atoms with Crippen molar-refractivity contribution in [1.82, 2.24) is 5.32 Å². The summed E-state index contributed by atoms with van der Waals surface area (Å²) in [5.74, 6) is 3.91. The smallest absolute Gasteiger partial charge is 0.179 e. The first-order valence-electron chi connectivity index (χ1n) is 8.26. The lowest BCUT2D eigenvalue weighted by Gasteiger charge is -2.19. The fourth-order valence-electron chi connectivity index (χ4n) is 3.92. The van der Waals surface area contributed by atoms with Crippen LogP contribution in [0.4, 0.5) is 0 Å². The van der Waals surface area contributed by atoms with E-state index < -0.39 is 0 Å². The number of benzene rings is 1. The number of hydrogen-bond acceptors (Lipinski definition) is 3. The highest BCUT2D eigenvalue weighted by molar-refractivity contribution is 6.32. The normalized spacial score (nSPS) is 28.9. The van der Waals surface area contributed by atoms with Crippen molar-refractivity contribution in [3.8, 4) is 11.5 Å². The third-order valence-electron chi connectivity index (χ3n) is 5.01. The molecule has 3 aliphatic rings. The second kappa shape index (κ2) is 6.13. The maximum Gasteiger partial charge on any atom is 0.179 e. The molecule has 1 aliphatic heterocycles. The van der Waals surface area contributed by atoms with E-state index in [0.717, 1.165) is 48.6 Å². The fourth-order valence-corrected chi connectivity index (χ4v) is 4.21. The Morgan fingerprint density at radius 3 is 2.86 bits per heavy atom. The van der Waals surface area contributed by atoms with Crippen LogP contribution in [0, 0.1) is 17.8 Å². The van der Waals surface area contributed by atoms with Crippen LogP contribution in [0.2, 0.25) is 5.02 Å². The van der Waals surface area contributed by atoms with E-state index in [0.29, 0.717) is 24.0 Å². The van der Waals surface area contributed by atoms with E-state index >= 15 is 0 Å². The minimum absolute atomic E-state index is 0.652. The molecule has 1 saturated carbocycles. The number of allylic oxidation sites excluding steroid dienone is 2. The SMILES string of the molecule is Clc1cc(CNC[C@H]2C[C@@H]3C=C[C@H]2C3)cc2c1OCCCO2. The summed E-state index contributed by atoms with van der Waals surface area (Å²) in [7, 11) is 0. The molecule has 118 valence electrons. The average molecular weight is 320 g/mol. The molecule has 4 heteroatoms. The first kappa shape index (κ1) is 14.4. The molecule has 1 fully saturated rings. The first-order valence-corrected chi connectivity index (χ1v) is 8.64. The van der Waals surface area contributed by atoms with Crippen molar-refractivity contribution < 1.29 is 9.47 Å². The van der Waals surface area contributed by atoms with Gasteiger partial charge in [0.25, 0.3) is 0 Å². The van der Waals surface area contributed by atoms with Gasteiger partial charge >= 0.3 is 0 Å². The quantitative estimate of drug-likeness (QED) is 0.856. The predicted molar refractivity (Wildman–Crippen MR) is 87.6 cm³/mol. The van der Waals surface area contributed by atoms with Crippen LogP contribution in [-0.4, -0.2) is 19.8 Å². The van der Waals surface area contributed by atoms with Gasteiger partial charge in [0.2, 0.25) is 0 Å². The van der Waals surface area contributed by atoms with Crippen molar-refractivity contribution in [2.24, 2.45) is 17.8 Å². The molecule has 0 radical (unpaired) electrons. The summed E-state index contributed by atoms with van der Waals surface area (Å²) in [5, 5.41) is 4.24. The minimum atomic E-state index is 0.652. The summed E-state index contributed by atoms with van der Waals surface area (Å²) in [6.07, 6.45) is 8.41. The number of hydrogen-bond donors (Lipinski definition) is 1. The molecule has 3 atom stereocenters. The second-order valence-corrected chi connectivity index (χ2v) is 7.03. The molecular weight excluding hydrogens is 298 g/mol. The van der Waals surface area contributed by atoms with Crippen LogP contribution in [0.15, 0.2) is 24.3 Å². The number of ether oxygens (including phenoxy) is 2. The van der Waals surface area contributed by atoms with Gasteiger partial charge in [0.1, 0.15) is 0 Å². The van der Waals surface area contributed by atoms with E-state index in [9.17, 15) is 0 Å². The zero-order valence-electron chi connectivity index (χ0n) is 12.7. The Hall–Kier alpha value is -1.19. The molecule has 2 aliphatic carbocycles. The highest BCUT2D eigenvalue weighted by atomic mass is 35.5. The Labute approximate surface area is 136 Å². The van der Waals surface area contributed by atoms with Crippen molar-refractivity contribution in [2.75, 3.05) is 19.8 Å². The molecule has 3 nitrogen and oxygen atoms in total. The van der Waals surface area contributed by atoms with Gasteiger partial charge in [0, 0.05) is 13.0 Å². The molecule has 1 aromatic carbocycles. The largest absolute Gasteiger partial charge is 0.489 e. The third-order valence-corrected chi connectivity index (χ3v) is 5.29. The zero-order valence-corrected chi connectivity index (χ0v) is 13.4. The monoisotopic (exact) mass is 319 g/mol. The molecule has 1 N–H and O–H groups in total. The molecule has 2 bridgehead atoms. The molecule has 0 unspecified atom stereocenters. The van der Waals surface area contributed by atoms with Crippen LogP contribution in [-0.2, 0) is 6.54 Å². The summed E-state index contributed by atoms with van der Waals surface area (Å²) >= 11 is 6.34. The van der Waals surface area contributed by atoms with Crippen LogP contribution in [0.3, 0.4) is 0 Å². The predicted octanol–water partition coefficient (Wildman–Crippen LogP) is 3.80. The van der Waals surface area contributed by atoms with Gasteiger partial charge in [0.05, 0.1) is 18.2 Å². The number of halogens is 1. The van der Waals surface area contributed by atoms with Crippen molar-refractivity contribution >= 4 is 11.6 Å². The summed E-state index contributed by atoms with van der Waals surface area (Å²) in [5.41, 5.74) is 1.16. The van der Waals surface area contributed by atoms with Crippen molar-refractivity contribution in [2.45, 2.75) is 25.8 Å². The lowest BCUT2D eigenvalue weighted by atomic mass is 9.93. The first-order chi connectivity index (χ1) is 10.8.